The smallest absolute Gasteiger partial charge is 0.338 e. The molecular weight excluding hydrogens is 292 g/mol. The Bertz CT molecular complexity index is 659. The molecule has 23 heavy (non-hydrogen) atoms. The Morgan fingerprint density at radius 3 is 2.83 bits per heavy atom. The van der Waals surface area contributed by atoms with Crippen LogP contribution in [0.3, 0.4) is 0 Å². The summed E-state index contributed by atoms with van der Waals surface area (Å²) in [7, 11) is 1.63. The molecule has 2 aliphatic carbocycles. The summed E-state index contributed by atoms with van der Waals surface area (Å²) in [5.74, 6) is -0.348. The van der Waals surface area contributed by atoms with Gasteiger partial charge in [-0.25, -0.2) is 4.79 Å². The van der Waals surface area contributed by atoms with Gasteiger partial charge in [0.25, 0.3) is 0 Å². The lowest BCUT2D eigenvalue weighted by atomic mass is 9.66. The number of esters is 1. The minimum Gasteiger partial charge on any atom is -0.457 e. The summed E-state index contributed by atoms with van der Waals surface area (Å²) >= 11 is 0. The minimum absolute atomic E-state index is 0.0123. The van der Waals surface area contributed by atoms with Gasteiger partial charge in [-0.2, -0.15) is 0 Å². The van der Waals surface area contributed by atoms with Gasteiger partial charge < -0.3 is 9.47 Å². The van der Waals surface area contributed by atoms with E-state index < -0.39 is 5.41 Å². The van der Waals surface area contributed by atoms with E-state index in [4.69, 9.17) is 9.47 Å². The summed E-state index contributed by atoms with van der Waals surface area (Å²) in [4.78, 5) is 24.1. The highest BCUT2D eigenvalue weighted by molar-refractivity contribution is 6.01. The number of carbonyl (C=O) groups is 2. The number of rotatable bonds is 4. The number of benzene rings is 1. The molecule has 120 valence electrons. The first-order valence-electron chi connectivity index (χ1n) is 7.85. The van der Waals surface area contributed by atoms with Crippen LogP contribution >= 0.6 is 0 Å². The lowest BCUT2D eigenvalue weighted by Crippen LogP contribution is -2.46. The van der Waals surface area contributed by atoms with Crippen LogP contribution < -0.4 is 0 Å². The van der Waals surface area contributed by atoms with Crippen LogP contribution in [-0.4, -0.2) is 31.6 Å². The van der Waals surface area contributed by atoms with Gasteiger partial charge >= 0.3 is 5.97 Å². The summed E-state index contributed by atoms with van der Waals surface area (Å²) in [6.07, 6.45) is 7.25. The lowest BCUT2D eigenvalue weighted by Gasteiger charge is -2.44. The van der Waals surface area contributed by atoms with E-state index in [2.05, 4.69) is 0 Å². The highest BCUT2D eigenvalue weighted by Crippen LogP contribution is 2.46. The van der Waals surface area contributed by atoms with Gasteiger partial charge in [0.05, 0.1) is 17.6 Å². The molecule has 0 spiro atoms. The summed E-state index contributed by atoms with van der Waals surface area (Å²) < 4.78 is 11.2. The van der Waals surface area contributed by atoms with Gasteiger partial charge in [0.2, 0.25) is 0 Å². The van der Waals surface area contributed by atoms with E-state index in [0.717, 1.165) is 24.8 Å². The molecule has 4 heteroatoms. The first-order chi connectivity index (χ1) is 11.2. The lowest BCUT2D eigenvalue weighted by molar-refractivity contribution is -0.111. The van der Waals surface area contributed by atoms with Crippen LogP contribution in [0.5, 0.6) is 0 Å². The van der Waals surface area contributed by atoms with E-state index in [-0.39, 0.29) is 17.9 Å². The van der Waals surface area contributed by atoms with Crippen molar-refractivity contribution in [1.82, 2.24) is 0 Å². The Labute approximate surface area is 135 Å². The highest BCUT2D eigenvalue weighted by Gasteiger charge is 2.46. The Morgan fingerprint density at radius 1 is 1.30 bits per heavy atom. The van der Waals surface area contributed by atoms with E-state index in [1.165, 1.54) is 0 Å². The van der Waals surface area contributed by atoms with Crippen molar-refractivity contribution < 1.29 is 19.1 Å². The van der Waals surface area contributed by atoms with E-state index in [9.17, 15) is 9.59 Å². The minimum atomic E-state index is -0.522. The van der Waals surface area contributed by atoms with Gasteiger partial charge in [-0.1, -0.05) is 29.8 Å². The van der Waals surface area contributed by atoms with Crippen LogP contribution in [0.1, 0.15) is 29.6 Å². The summed E-state index contributed by atoms with van der Waals surface area (Å²) in [5.41, 5.74) is 1.02. The van der Waals surface area contributed by atoms with Crippen LogP contribution in [0, 0.1) is 5.41 Å². The molecule has 0 amide bonds. The molecule has 0 aromatic heterocycles. The fourth-order valence-electron chi connectivity index (χ4n) is 3.45. The Morgan fingerprint density at radius 2 is 2.09 bits per heavy atom. The quantitative estimate of drug-likeness (QED) is 0.802. The van der Waals surface area contributed by atoms with E-state index >= 15 is 0 Å². The van der Waals surface area contributed by atoms with Crippen LogP contribution in [0.15, 0.2) is 54.1 Å². The third-order valence-corrected chi connectivity index (χ3v) is 4.59. The van der Waals surface area contributed by atoms with E-state index in [0.29, 0.717) is 12.2 Å². The molecule has 1 fully saturated rings. The van der Waals surface area contributed by atoms with Crippen molar-refractivity contribution in [2.24, 2.45) is 5.41 Å². The number of methoxy groups -OCH3 is 1. The van der Waals surface area contributed by atoms with Gasteiger partial charge in [-0.05, 0) is 43.5 Å². The first-order valence-corrected chi connectivity index (χ1v) is 7.85. The number of ether oxygens (including phenoxy) is 2. The van der Waals surface area contributed by atoms with Gasteiger partial charge in [0, 0.05) is 7.11 Å². The van der Waals surface area contributed by atoms with Crippen molar-refractivity contribution in [3.63, 3.8) is 0 Å². The SMILES string of the molecule is COC[C@]12C=CC(=O)C=C1CCC[C@@H]2OC(=O)c1ccccc1. The van der Waals surface area contributed by atoms with Gasteiger partial charge in [0.15, 0.2) is 5.78 Å². The van der Waals surface area contributed by atoms with Crippen molar-refractivity contribution in [1.29, 1.82) is 0 Å². The number of fused-ring (bicyclic) bond motifs is 1. The maximum atomic E-state index is 12.4. The maximum Gasteiger partial charge on any atom is 0.338 e. The van der Waals surface area contributed by atoms with Crippen molar-refractivity contribution in [2.75, 3.05) is 13.7 Å². The molecule has 0 saturated heterocycles. The maximum absolute atomic E-state index is 12.4. The Hall–Kier alpha value is -2.20. The fraction of sp³-hybridized carbons (Fsp3) is 0.368. The standard InChI is InChI=1S/C19H20O4/c1-22-13-19-11-10-16(20)12-15(19)8-5-9-17(19)23-18(21)14-6-3-2-4-7-14/h2-4,6-7,10-12,17H,5,8-9,13H2,1H3/t17-,19+/m0/s1. The van der Waals surface area contributed by atoms with Crippen molar-refractivity contribution in [2.45, 2.75) is 25.4 Å². The average Bonchev–Trinajstić information content (AvgIpc) is 2.57. The second-order valence-electron chi connectivity index (χ2n) is 6.03. The molecule has 0 unspecified atom stereocenters. The van der Waals surface area contributed by atoms with Gasteiger partial charge in [-0.3, -0.25) is 4.79 Å². The number of hydrogen-bond acceptors (Lipinski definition) is 4. The molecule has 1 saturated carbocycles. The van der Waals surface area contributed by atoms with Crippen LogP contribution in [0.4, 0.5) is 0 Å². The molecule has 3 rings (SSSR count). The number of allylic oxidation sites excluding steroid dienone is 2. The molecule has 0 aliphatic heterocycles. The molecule has 0 bridgehead atoms. The van der Waals surface area contributed by atoms with Crippen molar-refractivity contribution in [3.05, 3.63) is 59.7 Å². The molecule has 0 radical (unpaired) electrons. The third-order valence-electron chi connectivity index (χ3n) is 4.59. The van der Waals surface area contributed by atoms with Gasteiger partial charge in [0.1, 0.15) is 6.10 Å². The monoisotopic (exact) mass is 312 g/mol. The van der Waals surface area contributed by atoms with Gasteiger partial charge in [-0.15, -0.1) is 0 Å². The Kier molecular flexibility index (Phi) is 4.44. The Balaban J connectivity index is 1.88. The van der Waals surface area contributed by atoms with E-state index in [1.807, 2.05) is 24.3 Å². The normalized spacial score (nSPS) is 26.4. The third kappa shape index (κ3) is 2.99. The molecule has 2 atom stereocenters. The second kappa shape index (κ2) is 6.50. The molecule has 4 nitrogen and oxygen atoms in total. The molecule has 0 N–H and O–H groups in total. The predicted octanol–water partition coefficient (Wildman–Crippen LogP) is 3.09. The fourth-order valence-corrected chi connectivity index (χ4v) is 3.45. The number of carbonyl (C=O) groups excluding carboxylic acids is 2. The first kappa shape index (κ1) is 15.7. The number of ketones is 1. The van der Waals surface area contributed by atoms with Crippen molar-refractivity contribution in [3.8, 4) is 0 Å². The highest BCUT2D eigenvalue weighted by atomic mass is 16.5. The zero-order valence-electron chi connectivity index (χ0n) is 13.2. The van der Waals surface area contributed by atoms with Crippen molar-refractivity contribution >= 4 is 11.8 Å². The summed E-state index contributed by atoms with van der Waals surface area (Å²) in [6.45, 7) is 0.398. The average molecular weight is 312 g/mol. The molecule has 1 aromatic rings. The zero-order valence-corrected chi connectivity index (χ0v) is 13.2. The zero-order chi connectivity index (χ0) is 16.3. The largest absolute Gasteiger partial charge is 0.457 e. The predicted molar refractivity (Wildman–Crippen MR) is 86.0 cm³/mol. The summed E-state index contributed by atoms with van der Waals surface area (Å²) in [5, 5.41) is 0. The topological polar surface area (TPSA) is 52.6 Å². The van der Waals surface area contributed by atoms with Crippen LogP contribution in [0.2, 0.25) is 0 Å². The van der Waals surface area contributed by atoms with E-state index in [1.54, 1.807) is 31.4 Å². The van der Waals surface area contributed by atoms with Crippen LogP contribution in [0.25, 0.3) is 0 Å². The van der Waals surface area contributed by atoms with Crippen LogP contribution in [-0.2, 0) is 14.3 Å². The molecule has 2 aliphatic rings. The number of hydrogen-bond donors (Lipinski definition) is 0. The molecule has 1 aromatic carbocycles. The molecular formula is C19H20O4. The summed E-state index contributed by atoms with van der Waals surface area (Å²) in [6, 6.07) is 8.97. The second-order valence-corrected chi connectivity index (χ2v) is 6.03. The molecule has 0 heterocycles.